The Balaban J connectivity index is 2.29. The molecule has 1 heterocycles. The van der Waals surface area contributed by atoms with E-state index in [4.69, 9.17) is 22.7 Å². The first-order valence-corrected chi connectivity index (χ1v) is 6.57. The van der Waals surface area contributed by atoms with Crippen LogP contribution < -0.4 is 11.1 Å². The molecule has 0 aliphatic carbocycles. The molecule has 1 aromatic heterocycles. The maximum absolute atomic E-state index is 5.64. The minimum Gasteiger partial charge on any atom is -0.389 e. The van der Waals surface area contributed by atoms with Crippen LogP contribution in [0.2, 0.25) is 0 Å². The van der Waals surface area contributed by atoms with E-state index in [0.29, 0.717) is 10.9 Å². The molecule has 0 saturated heterocycles. The van der Waals surface area contributed by atoms with Gasteiger partial charge in [0.05, 0.1) is 11.9 Å². The van der Waals surface area contributed by atoms with Crippen molar-refractivity contribution in [3.63, 3.8) is 0 Å². The fourth-order valence-electron chi connectivity index (χ4n) is 1.47. The summed E-state index contributed by atoms with van der Waals surface area (Å²) >= 11 is 4.98. The van der Waals surface area contributed by atoms with Gasteiger partial charge in [-0.1, -0.05) is 26.1 Å². The van der Waals surface area contributed by atoms with Crippen LogP contribution in [0, 0.1) is 5.92 Å². The van der Waals surface area contributed by atoms with Crippen molar-refractivity contribution < 1.29 is 4.74 Å². The number of aromatic nitrogens is 1. The van der Waals surface area contributed by atoms with E-state index in [9.17, 15) is 0 Å². The summed E-state index contributed by atoms with van der Waals surface area (Å²) in [6.07, 6.45) is 4.37. The standard InChI is InChI=1S/C13H21N3OS/c1-10(2)9-17-7-3-5-16-12-8-15-6-4-11(12)13(14)18/h4,6,8,10,16H,3,5,7,9H2,1-2H3,(H2,14,18). The molecule has 0 aliphatic rings. The van der Waals surface area contributed by atoms with Crippen LogP contribution in [-0.4, -0.2) is 29.7 Å². The van der Waals surface area contributed by atoms with E-state index >= 15 is 0 Å². The average molecular weight is 267 g/mol. The maximum atomic E-state index is 5.64. The molecule has 0 spiro atoms. The van der Waals surface area contributed by atoms with Crippen LogP contribution >= 0.6 is 12.2 Å². The van der Waals surface area contributed by atoms with Crippen molar-refractivity contribution in [3.8, 4) is 0 Å². The van der Waals surface area contributed by atoms with Gasteiger partial charge >= 0.3 is 0 Å². The zero-order chi connectivity index (χ0) is 13.4. The molecular weight excluding hydrogens is 246 g/mol. The Kier molecular flexibility index (Phi) is 6.60. The Morgan fingerprint density at radius 1 is 1.56 bits per heavy atom. The molecule has 3 N–H and O–H groups in total. The highest BCUT2D eigenvalue weighted by Crippen LogP contribution is 2.12. The van der Waals surface area contributed by atoms with Gasteiger partial charge in [0.25, 0.3) is 0 Å². The third-order valence-electron chi connectivity index (χ3n) is 2.32. The van der Waals surface area contributed by atoms with Gasteiger partial charge in [0.2, 0.25) is 0 Å². The van der Waals surface area contributed by atoms with E-state index < -0.39 is 0 Å². The molecule has 100 valence electrons. The first kappa shape index (κ1) is 14.9. The van der Waals surface area contributed by atoms with E-state index in [2.05, 4.69) is 24.1 Å². The van der Waals surface area contributed by atoms with E-state index in [0.717, 1.165) is 37.4 Å². The van der Waals surface area contributed by atoms with Gasteiger partial charge in [-0.25, -0.2) is 0 Å². The monoisotopic (exact) mass is 267 g/mol. The number of hydrogen-bond donors (Lipinski definition) is 2. The number of nitrogens with two attached hydrogens (primary N) is 1. The zero-order valence-electron chi connectivity index (χ0n) is 11.0. The van der Waals surface area contributed by atoms with Crippen molar-refractivity contribution in [1.29, 1.82) is 0 Å². The number of ether oxygens (including phenoxy) is 1. The Bertz CT molecular complexity index is 382. The highest BCUT2D eigenvalue weighted by molar-refractivity contribution is 7.80. The number of hydrogen-bond acceptors (Lipinski definition) is 4. The van der Waals surface area contributed by atoms with Gasteiger partial charge in [-0.05, 0) is 18.4 Å². The van der Waals surface area contributed by atoms with Crippen LogP contribution in [-0.2, 0) is 4.74 Å². The minimum absolute atomic E-state index is 0.385. The number of anilines is 1. The lowest BCUT2D eigenvalue weighted by Gasteiger charge is -2.11. The molecule has 0 saturated carbocycles. The first-order valence-electron chi connectivity index (χ1n) is 6.16. The number of nitrogens with zero attached hydrogens (tertiary/aromatic N) is 1. The van der Waals surface area contributed by atoms with Crippen molar-refractivity contribution in [2.75, 3.05) is 25.1 Å². The van der Waals surface area contributed by atoms with E-state index in [1.54, 1.807) is 12.4 Å². The van der Waals surface area contributed by atoms with Gasteiger partial charge in [-0.2, -0.15) is 0 Å². The highest BCUT2D eigenvalue weighted by atomic mass is 32.1. The van der Waals surface area contributed by atoms with Crippen molar-refractivity contribution >= 4 is 22.9 Å². The van der Waals surface area contributed by atoms with Crippen LogP contribution in [0.15, 0.2) is 18.5 Å². The van der Waals surface area contributed by atoms with Crippen LogP contribution in [0.5, 0.6) is 0 Å². The van der Waals surface area contributed by atoms with Gasteiger partial charge in [-0.15, -0.1) is 0 Å². The van der Waals surface area contributed by atoms with Gasteiger partial charge in [0.15, 0.2) is 0 Å². The largest absolute Gasteiger partial charge is 0.389 e. The fraction of sp³-hybridized carbons (Fsp3) is 0.538. The Labute approximate surface area is 114 Å². The molecule has 0 amide bonds. The maximum Gasteiger partial charge on any atom is 0.106 e. The van der Waals surface area contributed by atoms with Crippen molar-refractivity contribution in [1.82, 2.24) is 4.98 Å². The summed E-state index contributed by atoms with van der Waals surface area (Å²) in [4.78, 5) is 4.44. The molecule has 4 nitrogen and oxygen atoms in total. The second-order valence-electron chi connectivity index (χ2n) is 4.53. The zero-order valence-corrected chi connectivity index (χ0v) is 11.8. The molecule has 0 aliphatic heterocycles. The molecule has 1 aromatic rings. The summed E-state index contributed by atoms with van der Waals surface area (Å²) in [6.45, 7) is 6.67. The fourth-order valence-corrected chi connectivity index (χ4v) is 1.64. The minimum atomic E-state index is 0.385. The molecular formula is C13H21N3OS. The molecule has 5 heteroatoms. The first-order chi connectivity index (χ1) is 8.61. The quantitative estimate of drug-likeness (QED) is 0.558. The molecule has 1 rings (SSSR count). The second-order valence-corrected chi connectivity index (χ2v) is 4.97. The van der Waals surface area contributed by atoms with Crippen molar-refractivity contribution in [3.05, 3.63) is 24.0 Å². The lowest BCUT2D eigenvalue weighted by molar-refractivity contribution is 0.110. The van der Waals surface area contributed by atoms with Crippen molar-refractivity contribution in [2.24, 2.45) is 11.7 Å². The SMILES string of the molecule is CC(C)COCCCNc1cnccc1C(N)=S. The molecule has 0 radical (unpaired) electrons. The van der Waals surface area contributed by atoms with Gasteiger partial charge < -0.3 is 15.8 Å². The summed E-state index contributed by atoms with van der Waals surface area (Å²) in [5, 5.41) is 3.27. The molecule has 0 atom stereocenters. The van der Waals surface area contributed by atoms with E-state index in [1.165, 1.54) is 0 Å². The normalized spacial score (nSPS) is 10.6. The highest BCUT2D eigenvalue weighted by Gasteiger charge is 2.03. The summed E-state index contributed by atoms with van der Waals surface area (Å²) in [5.74, 6) is 0.581. The number of nitrogens with one attached hydrogen (secondary N) is 1. The summed E-state index contributed by atoms with van der Waals surface area (Å²) in [6, 6.07) is 1.82. The van der Waals surface area contributed by atoms with E-state index in [-0.39, 0.29) is 0 Å². The predicted octanol–water partition coefficient (Wildman–Crippen LogP) is 2.19. The van der Waals surface area contributed by atoms with Gasteiger partial charge in [0, 0.05) is 31.5 Å². The molecule has 0 unspecified atom stereocenters. The van der Waals surface area contributed by atoms with Gasteiger partial charge in [-0.3, -0.25) is 4.98 Å². The van der Waals surface area contributed by atoms with Crippen LogP contribution in [0.3, 0.4) is 0 Å². The Hall–Kier alpha value is -1.20. The molecule has 18 heavy (non-hydrogen) atoms. The summed E-state index contributed by atoms with van der Waals surface area (Å²) < 4.78 is 5.50. The Morgan fingerprint density at radius 2 is 2.33 bits per heavy atom. The molecule has 0 bridgehead atoms. The van der Waals surface area contributed by atoms with Crippen LogP contribution in [0.1, 0.15) is 25.8 Å². The number of pyridine rings is 1. The number of rotatable bonds is 8. The molecule has 0 aromatic carbocycles. The topological polar surface area (TPSA) is 60.2 Å². The predicted molar refractivity (Wildman–Crippen MR) is 78.9 cm³/mol. The average Bonchev–Trinajstić information content (AvgIpc) is 2.33. The lowest BCUT2D eigenvalue weighted by atomic mass is 10.2. The van der Waals surface area contributed by atoms with Gasteiger partial charge in [0.1, 0.15) is 4.99 Å². The second kappa shape index (κ2) is 8.00. The van der Waals surface area contributed by atoms with Crippen LogP contribution in [0.25, 0.3) is 0 Å². The van der Waals surface area contributed by atoms with E-state index in [1.807, 2.05) is 6.07 Å². The third kappa shape index (κ3) is 5.42. The summed E-state index contributed by atoms with van der Waals surface area (Å²) in [7, 11) is 0. The Morgan fingerprint density at radius 3 is 3.00 bits per heavy atom. The lowest BCUT2D eigenvalue weighted by Crippen LogP contribution is -2.15. The third-order valence-corrected chi connectivity index (χ3v) is 2.54. The number of thiocarbonyl (C=S) groups is 1. The molecule has 0 fully saturated rings. The van der Waals surface area contributed by atoms with Crippen molar-refractivity contribution in [2.45, 2.75) is 20.3 Å². The van der Waals surface area contributed by atoms with Crippen LogP contribution in [0.4, 0.5) is 5.69 Å². The smallest absolute Gasteiger partial charge is 0.106 e. The summed E-state index contributed by atoms with van der Waals surface area (Å²) in [5.41, 5.74) is 7.36.